The van der Waals surface area contributed by atoms with E-state index in [4.69, 9.17) is 4.74 Å². The van der Waals surface area contributed by atoms with E-state index in [1.54, 1.807) is 0 Å². The van der Waals surface area contributed by atoms with Gasteiger partial charge in [0.1, 0.15) is 5.82 Å². The van der Waals surface area contributed by atoms with Crippen molar-refractivity contribution in [3.8, 4) is 0 Å². The fourth-order valence-corrected chi connectivity index (χ4v) is 2.90. The van der Waals surface area contributed by atoms with Gasteiger partial charge in [-0.1, -0.05) is 0 Å². The van der Waals surface area contributed by atoms with Crippen LogP contribution in [0, 0.1) is 12.8 Å². The molecule has 1 aromatic heterocycles. The molecule has 1 aromatic rings. The lowest BCUT2D eigenvalue weighted by atomic mass is 9.96. The van der Waals surface area contributed by atoms with Crippen molar-refractivity contribution in [2.24, 2.45) is 5.92 Å². The second-order valence-corrected chi connectivity index (χ2v) is 5.98. The smallest absolute Gasteiger partial charge is 0.131 e. The first-order valence-corrected chi connectivity index (χ1v) is 7.37. The highest BCUT2D eigenvalue weighted by Crippen LogP contribution is 2.22. The Morgan fingerprint density at radius 1 is 1.44 bits per heavy atom. The molecule has 1 saturated heterocycles. The Kier molecular flexibility index (Phi) is 5.01. The quantitative estimate of drug-likeness (QED) is 0.852. The maximum absolute atomic E-state index is 5.39. The molecule has 1 fully saturated rings. The Balaban J connectivity index is 1.88. The number of anilines is 1. The predicted molar refractivity (Wildman–Crippen MR) is 78.1 cm³/mol. The highest BCUT2D eigenvalue weighted by atomic mass is 79.9. The topological polar surface area (TPSA) is 25.4 Å². The first kappa shape index (κ1) is 13.8. The summed E-state index contributed by atoms with van der Waals surface area (Å²) >= 11 is 3.45. The second kappa shape index (κ2) is 6.53. The van der Waals surface area contributed by atoms with Gasteiger partial charge in [-0.2, -0.15) is 0 Å². The van der Waals surface area contributed by atoms with E-state index < -0.39 is 0 Å². The molecule has 0 aromatic carbocycles. The molecule has 0 unspecified atom stereocenters. The number of nitrogens with zero attached hydrogens (tertiary/aromatic N) is 2. The van der Waals surface area contributed by atoms with Gasteiger partial charge in [0.2, 0.25) is 0 Å². The zero-order valence-electron chi connectivity index (χ0n) is 11.2. The average molecular weight is 313 g/mol. The number of halogens is 1. The average Bonchev–Trinajstić information content (AvgIpc) is 2.37. The van der Waals surface area contributed by atoms with E-state index in [0.29, 0.717) is 0 Å². The molecule has 0 radical (unpaired) electrons. The standard InChI is InChI=1S/C14H21BrN2O/c1-11-9-13(15)10-16-14(11)17(2)6-3-12-4-7-18-8-5-12/h9-10,12H,3-8H2,1-2H3. The Morgan fingerprint density at radius 2 is 2.17 bits per heavy atom. The Labute approximate surface area is 118 Å². The van der Waals surface area contributed by atoms with E-state index in [2.05, 4.69) is 45.9 Å². The summed E-state index contributed by atoms with van der Waals surface area (Å²) in [6, 6.07) is 2.12. The van der Waals surface area contributed by atoms with Crippen molar-refractivity contribution in [1.29, 1.82) is 0 Å². The second-order valence-electron chi connectivity index (χ2n) is 5.06. The zero-order chi connectivity index (χ0) is 13.0. The molecule has 18 heavy (non-hydrogen) atoms. The van der Waals surface area contributed by atoms with Crippen molar-refractivity contribution in [3.05, 3.63) is 22.3 Å². The molecule has 0 atom stereocenters. The van der Waals surface area contributed by atoms with Gasteiger partial charge < -0.3 is 9.64 Å². The van der Waals surface area contributed by atoms with Crippen LogP contribution in [-0.4, -0.2) is 31.8 Å². The fourth-order valence-electron chi connectivity index (χ4n) is 2.45. The van der Waals surface area contributed by atoms with E-state index in [9.17, 15) is 0 Å². The molecule has 1 aliphatic heterocycles. The molecular weight excluding hydrogens is 292 g/mol. The highest BCUT2D eigenvalue weighted by molar-refractivity contribution is 9.10. The first-order valence-electron chi connectivity index (χ1n) is 6.58. The molecule has 3 nitrogen and oxygen atoms in total. The van der Waals surface area contributed by atoms with E-state index in [0.717, 1.165) is 36.0 Å². The maximum Gasteiger partial charge on any atom is 0.131 e. The third-order valence-electron chi connectivity index (χ3n) is 3.59. The molecule has 0 amide bonds. The van der Waals surface area contributed by atoms with Gasteiger partial charge in [0.15, 0.2) is 0 Å². The molecular formula is C14H21BrN2O. The van der Waals surface area contributed by atoms with Gasteiger partial charge in [-0.05, 0) is 59.7 Å². The summed E-state index contributed by atoms with van der Waals surface area (Å²) in [5, 5.41) is 0. The summed E-state index contributed by atoms with van der Waals surface area (Å²) < 4.78 is 6.44. The fraction of sp³-hybridized carbons (Fsp3) is 0.643. The van der Waals surface area contributed by atoms with E-state index in [-0.39, 0.29) is 0 Å². The van der Waals surface area contributed by atoms with Crippen molar-refractivity contribution >= 4 is 21.7 Å². The first-order chi connectivity index (χ1) is 8.66. The third kappa shape index (κ3) is 3.69. The van der Waals surface area contributed by atoms with Crippen LogP contribution < -0.4 is 4.90 Å². The Hall–Kier alpha value is -0.610. The van der Waals surface area contributed by atoms with Crippen molar-refractivity contribution in [2.75, 3.05) is 31.7 Å². The van der Waals surface area contributed by atoms with E-state index in [1.165, 1.54) is 24.8 Å². The molecule has 2 heterocycles. The summed E-state index contributed by atoms with van der Waals surface area (Å²) in [5.74, 6) is 1.90. The van der Waals surface area contributed by atoms with Gasteiger partial charge in [-0.25, -0.2) is 4.98 Å². The summed E-state index contributed by atoms with van der Waals surface area (Å²) in [4.78, 5) is 6.76. The molecule has 1 aliphatic rings. The number of pyridine rings is 1. The van der Waals surface area contributed by atoms with Gasteiger partial charge in [0, 0.05) is 37.5 Å². The number of rotatable bonds is 4. The number of ether oxygens (including phenoxy) is 1. The van der Waals surface area contributed by atoms with Gasteiger partial charge >= 0.3 is 0 Å². The minimum Gasteiger partial charge on any atom is -0.381 e. The minimum absolute atomic E-state index is 0.817. The number of aromatic nitrogens is 1. The van der Waals surface area contributed by atoms with Crippen molar-refractivity contribution in [3.63, 3.8) is 0 Å². The summed E-state index contributed by atoms with van der Waals surface area (Å²) in [5.41, 5.74) is 1.22. The normalized spacial score (nSPS) is 16.8. The van der Waals surface area contributed by atoms with E-state index >= 15 is 0 Å². The monoisotopic (exact) mass is 312 g/mol. The molecule has 0 spiro atoms. The Bertz CT molecular complexity index is 391. The van der Waals surface area contributed by atoms with E-state index in [1.807, 2.05) is 6.20 Å². The van der Waals surface area contributed by atoms with Gasteiger partial charge in [0.05, 0.1) is 0 Å². The summed E-state index contributed by atoms with van der Waals surface area (Å²) in [6.45, 7) is 5.05. The highest BCUT2D eigenvalue weighted by Gasteiger charge is 2.15. The Morgan fingerprint density at radius 3 is 2.83 bits per heavy atom. The van der Waals surface area contributed by atoms with Crippen LogP contribution in [0.2, 0.25) is 0 Å². The number of hydrogen-bond acceptors (Lipinski definition) is 3. The third-order valence-corrected chi connectivity index (χ3v) is 4.03. The molecule has 0 bridgehead atoms. The maximum atomic E-state index is 5.39. The molecule has 0 N–H and O–H groups in total. The zero-order valence-corrected chi connectivity index (χ0v) is 12.7. The lowest BCUT2D eigenvalue weighted by molar-refractivity contribution is 0.0645. The van der Waals surface area contributed by atoms with Crippen LogP contribution in [-0.2, 0) is 4.74 Å². The van der Waals surface area contributed by atoms with Crippen LogP contribution in [0.5, 0.6) is 0 Å². The predicted octanol–water partition coefficient (Wildman–Crippen LogP) is 3.41. The molecule has 0 aliphatic carbocycles. The lowest BCUT2D eigenvalue weighted by Crippen LogP contribution is -2.25. The van der Waals surface area contributed by atoms with Crippen LogP contribution in [0.15, 0.2) is 16.7 Å². The SMILES string of the molecule is Cc1cc(Br)cnc1N(C)CCC1CCOCC1. The molecule has 2 rings (SSSR count). The molecule has 4 heteroatoms. The van der Waals surface area contributed by atoms with Crippen molar-refractivity contribution in [1.82, 2.24) is 4.98 Å². The van der Waals surface area contributed by atoms with Crippen molar-refractivity contribution in [2.45, 2.75) is 26.2 Å². The van der Waals surface area contributed by atoms with Gasteiger partial charge in [-0.15, -0.1) is 0 Å². The van der Waals surface area contributed by atoms with Crippen LogP contribution in [0.1, 0.15) is 24.8 Å². The molecule has 100 valence electrons. The number of hydrogen-bond donors (Lipinski definition) is 0. The largest absolute Gasteiger partial charge is 0.381 e. The van der Waals surface area contributed by atoms with Crippen molar-refractivity contribution < 1.29 is 4.74 Å². The molecule has 0 saturated carbocycles. The van der Waals surface area contributed by atoms with Gasteiger partial charge in [0.25, 0.3) is 0 Å². The van der Waals surface area contributed by atoms with Crippen LogP contribution in [0.3, 0.4) is 0 Å². The van der Waals surface area contributed by atoms with Crippen LogP contribution in [0.4, 0.5) is 5.82 Å². The van der Waals surface area contributed by atoms with Gasteiger partial charge in [-0.3, -0.25) is 0 Å². The summed E-state index contributed by atoms with van der Waals surface area (Å²) in [7, 11) is 2.13. The minimum atomic E-state index is 0.817. The lowest BCUT2D eigenvalue weighted by Gasteiger charge is -2.26. The summed E-state index contributed by atoms with van der Waals surface area (Å²) in [6.07, 6.45) is 5.52. The number of aryl methyl sites for hydroxylation is 1. The van der Waals surface area contributed by atoms with Crippen LogP contribution in [0.25, 0.3) is 0 Å². The van der Waals surface area contributed by atoms with Crippen LogP contribution >= 0.6 is 15.9 Å².